The highest BCUT2D eigenvalue weighted by Gasteiger charge is 2.15. The molecule has 0 radical (unpaired) electrons. The standard InChI is InChI=1S/C15H15BrClNO2S/c1-2-21(19,20)15-6-4-3-5-14(15)18-10-11-9-12(16)7-8-13(11)17/h3-9,18H,2,10H2,1H3. The van der Waals surface area contributed by atoms with Gasteiger partial charge in [0.1, 0.15) is 0 Å². The van der Waals surface area contributed by atoms with Gasteiger partial charge in [0.15, 0.2) is 9.84 Å². The Balaban J connectivity index is 2.27. The second-order valence-electron chi connectivity index (χ2n) is 4.49. The van der Waals surface area contributed by atoms with Crippen molar-refractivity contribution in [2.24, 2.45) is 0 Å². The molecule has 1 N–H and O–H groups in total. The van der Waals surface area contributed by atoms with Gasteiger partial charge in [-0.25, -0.2) is 8.42 Å². The van der Waals surface area contributed by atoms with Gasteiger partial charge in [0.2, 0.25) is 0 Å². The summed E-state index contributed by atoms with van der Waals surface area (Å²) < 4.78 is 25.1. The van der Waals surface area contributed by atoms with Crippen molar-refractivity contribution in [1.29, 1.82) is 0 Å². The summed E-state index contributed by atoms with van der Waals surface area (Å²) in [7, 11) is -3.26. The predicted octanol–water partition coefficient (Wildman–Crippen LogP) is 4.51. The van der Waals surface area contributed by atoms with Crippen molar-refractivity contribution in [3.8, 4) is 0 Å². The number of benzene rings is 2. The van der Waals surface area contributed by atoms with E-state index in [1.165, 1.54) is 0 Å². The molecule has 0 aliphatic carbocycles. The van der Waals surface area contributed by atoms with Crippen LogP contribution in [-0.4, -0.2) is 14.2 Å². The molecule has 0 atom stereocenters. The van der Waals surface area contributed by atoms with Crippen molar-refractivity contribution in [2.75, 3.05) is 11.1 Å². The summed E-state index contributed by atoms with van der Waals surface area (Å²) >= 11 is 9.54. The zero-order chi connectivity index (χ0) is 15.5. The molecule has 2 rings (SSSR count). The van der Waals surface area contributed by atoms with Crippen LogP contribution < -0.4 is 5.32 Å². The molecule has 0 spiro atoms. The van der Waals surface area contributed by atoms with Crippen LogP contribution >= 0.6 is 27.5 Å². The number of sulfone groups is 1. The SMILES string of the molecule is CCS(=O)(=O)c1ccccc1NCc1cc(Br)ccc1Cl. The van der Waals surface area contributed by atoms with E-state index in [0.29, 0.717) is 22.2 Å². The van der Waals surface area contributed by atoms with Crippen LogP contribution in [0.25, 0.3) is 0 Å². The molecule has 0 amide bonds. The molecular formula is C15H15BrClNO2S. The fourth-order valence-corrected chi connectivity index (χ4v) is 3.57. The Bertz CT molecular complexity index is 747. The normalized spacial score (nSPS) is 11.4. The Morgan fingerprint density at radius 2 is 1.90 bits per heavy atom. The van der Waals surface area contributed by atoms with Crippen LogP contribution in [0.5, 0.6) is 0 Å². The molecule has 3 nitrogen and oxygen atoms in total. The van der Waals surface area contributed by atoms with E-state index in [-0.39, 0.29) is 5.75 Å². The summed E-state index contributed by atoms with van der Waals surface area (Å²) in [6, 6.07) is 12.5. The largest absolute Gasteiger partial charge is 0.380 e. The summed E-state index contributed by atoms with van der Waals surface area (Å²) in [6.07, 6.45) is 0. The first-order valence-electron chi connectivity index (χ1n) is 6.43. The molecule has 0 saturated heterocycles. The molecule has 21 heavy (non-hydrogen) atoms. The van der Waals surface area contributed by atoms with Gasteiger partial charge in [0, 0.05) is 16.0 Å². The van der Waals surface area contributed by atoms with Crippen molar-refractivity contribution in [3.05, 3.63) is 57.5 Å². The predicted molar refractivity (Wildman–Crippen MR) is 90.6 cm³/mol. The third-order valence-electron chi connectivity index (χ3n) is 3.08. The van der Waals surface area contributed by atoms with Crippen molar-refractivity contribution in [1.82, 2.24) is 0 Å². The number of rotatable bonds is 5. The van der Waals surface area contributed by atoms with Gasteiger partial charge in [0.25, 0.3) is 0 Å². The molecule has 0 aliphatic heterocycles. The number of anilines is 1. The number of hydrogen-bond donors (Lipinski definition) is 1. The average Bonchev–Trinajstić information content (AvgIpc) is 2.48. The lowest BCUT2D eigenvalue weighted by Gasteiger charge is -2.12. The number of hydrogen-bond acceptors (Lipinski definition) is 3. The lowest BCUT2D eigenvalue weighted by molar-refractivity contribution is 0.597. The number of para-hydroxylation sites is 1. The summed E-state index contributed by atoms with van der Waals surface area (Å²) in [5.74, 6) is 0.0728. The molecule has 0 fully saturated rings. The van der Waals surface area contributed by atoms with Gasteiger partial charge in [-0.15, -0.1) is 0 Å². The van der Waals surface area contributed by atoms with E-state index in [2.05, 4.69) is 21.2 Å². The maximum atomic E-state index is 12.1. The summed E-state index contributed by atoms with van der Waals surface area (Å²) in [5, 5.41) is 3.79. The molecular weight excluding hydrogens is 374 g/mol. The molecule has 2 aromatic carbocycles. The summed E-state index contributed by atoms with van der Waals surface area (Å²) in [4.78, 5) is 0.318. The topological polar surface area (TPSA) is 46.2 Å². The summed E-state index contributed by atoms with van der Waals surface area (Å²) in [6.45, 7) is 2.09. The molecule has 0 bridgehead atoms. The van der Waals surface area contributed by atoms with E-state index in [1.807, 2.05) is 12.1 Å². The van der Waals surface area contributed by atoms with Gasteiger partial charge in [-0.2, -0.15) is 0 Å². The van der Waals surface area contributed by atoms with Gasteiger partial charge >= 0.3 is 0 Å². The van der Waals surface area contributed by atoms with Gasteiger partial charge in [-0.3, -0.25) is 0 Å². The second kappa shape index (κ2) is 6.81. The Kier molecular flexibility index (Phi) is 5.30. The van der Waals surface area contributed by atoms with Crippen molar-refractivity contribution < 1.29 is 8.42 Å². The van der Waals surface area contributed by atoms with Crippen molar-refractivity contribution in [3.63, 3.8) is 0 Å². The quantitative estimate of drug-likeness (QED) is 0.820. The van der Waals surface area contributed by atoms with Gasteiger partial charge < -0.3 is 5.32 Å². The molecule has 0 unspecified atom stereocenters. The Labute approximate surface area is 138 Å². The molecule has 0 heterocycles. The van der Waals surface area contributed by atoms with E-state index < -0.39 is 9.84 Å². The molecule has 6 heteroatoms. The Morgan fingerprint density at radius 1 is 1.19 bits per heavy atom. The highest BCUT2D eigenvalue weighted by atomic mass is 79.9. The maximum absolute atomic E-state index is 12.1. The van der Waals surface area contributed by atoms with Crippen LogP contribution in [-0.2, 0) is 16.4 Å². The Morgan fingerprint density at radius 3 is 2.62 bits per heavy atom. The van der Waals surface area contributed by atoms with Crippen LogP contribution in [0.3, 0.4) is 0 Å². The maximum Gasteiger partial charge on any atom is 0.180 e. The first-order valence-corrected chi connectivity index (χ1v) is 9.26. The molecule has 2 aromatic rings. The lowest BCUT2D eigenvalue weighted by atomic mass is 10.2. The van der Waals surface area contributed by atoms with E-state index in [0.717, 1.165) is 10.0 Å². The van der Waals surface area contributed by atoms with E-state index in [1.54, 1.807) is 37.3 Å². The van der Waals surface area contributed by atoms with Gasteiger partial charge in [-0.05, 0) is 35.9 Å². The van der Waals surface area contributed by atoms with Gasteiger partial charge in [-0.1, -0.05) is 46.6 Å². The zero-order valence-corrected chi connectivity index (χ0v) is 14.6. The van der Waals surface area contributed by atoms with Crippen LogP contribution in [0.15, 0.2) is 51.8 Å². The smallest absolute Gasteiger partial charge is 0.180 e. The fourth-order valence-electron chi connectivity index (χ4n) is 1.91. The van der Waals surface area contributed by atoms with Crippen molar-refractivity contribution in [2.45, 2.75) is 18.4 Å². The molecule has 0 aliphatic rings. The Hall–Kier alpha value is -1.04. The van der Waals surface area contributed by atoms with E-state index in [9.17, 15) is 8.42 Å². The van der Waals surface area contributed by atoms with Crippen molar-refractivity contribution >= 4 is 43.1 Å². The average molecular weight is 389 g/mol. The second-order valence-corrected chi connectivity index (χ2v) is 8.06. The van der Waals surface area contributed by atoms with Crippen LogP contribution in [0.1, 0.15) is 12.5 Å². The highest BCUT2D eigenvalue weighted by Crippen LogP contribution is 2.25. The van der Waals surface area contributed by atoms with Crippen LogP contribution in [0.2, 0.25) is 5.02 Å². The minimum atomic E-state index is -3.26. The lowest BCUT2D eigenvalue weighted by Crippen LogP contribution is -2.09. The van der Waals surface area contributed by atoms with E-state index in [4.69, 9.17) is 11.6 Å². The zero-order valence-electron chi connectivity index (χ0n) is 11.4. The first-order chi connectivity index (χ1) is 9.94. The third-order valence-corrected chi connectivity index (χ3v) is 5.73. The first kappa shape index (κ1) is 16.3. The van der Waals surface area contributed by atoms with Gasteiger partial charge in [0.05, 0.1) is 16.3 Å². The third kappa shape index (κ3) is 3.99. The monoisotopic (exact) mass is 387 g/mol. The summed E-state index contributed by atoms with van der Waals surface area (Å²) in [5.41, 5.74) is 1.49. The van der Waals surface area contributed by atoms with E-state index >= 15 is 0 Å². The minimum absolute atomic E-state index is 0.0728. The van der Waals surface area contributed by atoms with Crippen LogP contribution in [0.4, 0.5) is 5.69 Å². The highest BCUT2D eigenvalue weighted by molar-refractivity contribution is 9.10. The fraction of sp³-hybridized carbons (Fsp3) is 0.200. The molecule has 0 aromatic heterocycles. The molecule has 0 saturated carbocycles. The number of nitrogens with one attached hydrogen (secondary N) is 1. The number of halogens is 2. The molecule has 112 valence electrons. The van der Waals surface area contributed by atoms with Crippen LogP contribution in [0, 0.1) is 0 Å². The minimum Gasteiger partial charge on any atom is -0.380 e.